The van der Waals surface area contributed by atoms with Crippen LogP contribution in [0.25, 0.3) is 0 Å². The molecule has 0 radical (unpaired) electrons. The molecule has 0 aliphatic carbocycles. The van der Waals surface area contributed by atoms with Gasteiger partial charge in [0.1, 0.15) is 5.56 Å². The third-order valence-electron chi connectivity index (χ3n) is 0.633. The first-order valence-corrected chi connectivity index (χ1v) is 2.67. The molecule has 4 heteroatoms. The van der Waals surface area contributed by atoms with Gasteiger partial charge >= 0.3 is 0 Å². The number of nitrogens with one attached hydrogen (secondary N) is 1. The lowest BCUT2D eigenvalue weighted by molar-refractivity contribution is 0.245. The Hall–Kier alpha value is 0.500. The van der Waals surface area contributed by atoms with E-state index in [4.69, 9.17) is 16.7 Å². The molecule has 0 aromatic rings. The summed E-state index contributed by atoms with van der Waals surface area (Å²) < 4.78 is 0. The van der Waals surface area contributed by atoms with Crippen LogP contribution in [-0.4, -0.2) is 24.3 Å². The van der Waals surface area contributed by atoms with Crippen molar-refractivity contribution in [1.82, 2.24) is 5.32 Å². The van der Waals surface area contributed by atoms with Gasteiger partial charge in [0.2, 0.25) is 0 Å². The summed E-state index contributed by atoms with van der Waals surface area (Å²) in [6.07, 6.45) is 0.609. The van der Waals surface area contributed by atoms with Gasteiger partial charge in [-0.05, 0) is 20.0 Å². The minimum atomic E-state index is -0.688. The van der Waals surface area contributed by atoms with E-state index in [0.29, 0.717) is 6.42 Å². The van der Waals surface area contributed by atoms with E-state index < -0.39 is 5.56 Å². The van der Waals surface area contributed by atoms with Crippen LogP contribution < -0.4 is 5.32 Å². The lowest BCUT2D eigenvalue weighted by Crippen LogP contribution is -2.12. The van der Waals surface area contributed by atoms with Crippen molar-refractivity contribution in [3.05, 3.63) is 0 Å². The maximum atomic E-state index is 8.41. The van der Waals surface area contributed by atoms with Gasteiger partial charge in [-0.25, -0.2) is 0 Å². The fourth-order valence-electron chi connectivity index (χ4n) is 0.263. The van der Waals surface area contributed by atoms with E-state index in [0.717, 1.165) is 6.54 Å². The zero-order valence-corrected chi connectivity index (χ0v) is 6.30. The summed E-state index contributed by atoms with van der Waals surface area (Å²) in [6, 6.07) is 0. The molecular weight excluding hydrogens is 149 g/mol. The Balaban J connectivity index is 0. The fraction of sp³-hybridized carbons (Fsp3) is 1.00. The van der Waals surface area contributed by atoms with E-state index >= 15 is 0 Å². The van der Waals surface area contributed by atoms with Crippen molar-refractivity contribution in [2.75, 3.05) is 13.6 Å². The number of alkyl halides is 1. The Morgan fingerprint density at radius 1 is 1.75 bits per heavy atom. The molecule has 8 heavy (non-hydrogen) atoms. The highest BCUT2D eigenvalue weighted by atomic mass is 35.5. The number of rotatable bonds is 3. The van der Waals surface area contributed by atoms with E-state index in [2.05, 4.69) is 5.32 Å². The SMILES string of the molecule is CNCCC(O)Cl.Cl. The second kappa shape index (κ2) is 7.50. The Morgan fingerprint density at radius 2 is 2.25 bits per heavy atom. The average molecular weight is 160 g/mol. The predicted octanol–water partition coefficient (Wildman–Crippen LogP) is 0.575. The van der Waals surface area contributed by atoms with E-state index in [1.807, 2.05) is 7.05 Å². The van der Waals surface area contributed by atoms with Crippen LogP contribution in [0.2, 0.25) is 0 Å². The second-order valence-electron chi connectivity index (χ2n) is 1.33. The second-order valence-corrected chi connectivity index (χ2v) is 1.83. The predicted molar refractivity (Wildman–Crippen MR) is 37.7 cm³/mol. The van der Waals surface area contributed by atoms with E-state index in [-0.39, 0.29) is 12.4 Å². The highest BCUT2D eigenvalue weighted by Crippen LogP contribution is 1.92. The summed E-state index contributed by atoms with van der Waals surface area (Å²) in [5.41, 5.74) is -0.688. The smallest absolute Gasteiger partial charge is 0.129 e. The van der Waals surface area contributed by atoms with Crippen LogP contribution in [0.3, 0.4) is 0 Å². The standard InChI is InChI=1S/C4H10ClNO.ClH/c1-6-3-2-4(5)7;/h4,6-7H,2-3H2,1H3;1H. The molecule has 1 atom stereocenters. The molecule has 0 amide bonds. The zero-order chi connectivity index (χ0) is 5.70. The van der Waals surface area contributed by atoms with Crippen LogP contribution in [0.15, 0.2) is 0 Å². The highest BCUT2D eigenvalue weighted by molar-refractivity contribution is 6.19. The van der Waals surface area contributed by atoms with Crippen molar-refractivity contribution in [3.63, 3.8) is 0 Å². The first-order valence-electron chi connectivity index (χ1n) is 2.24. The Morgan fingerprint density at radius 3 is 2.38 bits per heavy atom. The molecule has 0 heterocycles. The van der Waals surface area contributed by atoms with Gasteiger partial charge in [-0.1, -0.05) is 11.6 Å². The Bertz CT molecular complexity index is 43.0. The van der Waals surface area contributed by atoms with E-state index in [1.54, 1.807) is 0 Å². The molecule has 2 nitrogen and oxygen atoms in total. The van der Waals surface area contributed by atoms with E-state index in [1.165, 1.54) is 0 Å². The maximum Gasteiger partial charge on any atom is 0.129 e. The van der Waals surface area contributed by atoms with Gasteiger partial charge in [-0.2, -0.15) is 0 Å². The van der Waals surface area contributed by atoms with Crippen LogP contribution in [0.5, 0.6) is 0 Å². The van der Waals surface area contributed by atoms with Gasteiger partial charge in [-0.3, -0.25) is 0 Å². The van der Waals surface area contributed by atoms with Gasteiger partial charge in [0.15, 0.2) is 0 Å². The molecule has 0 aromatic carbocycles. The summed E-state index contributed by atoms with van der Waals surface area (Å²) in [4.78, 5) is 0. The molecule has 0 aromatic heterocycles. The van der Waals surface area contributed by atoms with Crippen LogP contribution in [0.4, 0.5) is 0 Å². The first-order chi connectivity index (χ1) is 3.27. The number of hydrogen-bond donors (Lipinski definition) is 2. The summed E-state index contributed by atoms with van der Waals surface area (Å²) in [7, 11) is 1.82. The third kappa shape index (κ3) is 9.71. The lowest BCUT2D eigenvalue weighted by atomic mass is 10.4. The third-order valence-corrected chi connectivity index (χ3v) is 0.851. The largest absolute Gasteiger partial charge is 0.378 e. The molecule has 2 N–H and O–H groups in total. The fourth-order valence-corrected chi connectivity index (χ4v) is 0.373. The quantitative estimate of drug-likeness (QED) is 0.591. The van der Waals surface area contributed by atoms with Crippen molar-refractivity contribution < 1.29 is 5.11 Å². The van der Waals surface area contributed by atoms with Crippen LogP contribution in [-0.2, 0) is 0 Å². The molecule has 0 bridgehead atoms. The highest BCUT2D eigenvalue weighted by Gasteiger charge is 1.92. The van der Waals surface area contributed by atoms with Gasteiger partial charge in [0.05, 0.1) is 0 Å². The van der Waals surface area contributed by atoms with Crippen molar-refractivity contribution in [3.8, 4) is 0 Å². The van der Waals surface area contributed by atoms with Crippen molar-refractivity contribution in [2.24, 2.45) is 0 Å². The van der Waals surface area contributed by atoms with Gasteiger partial charge < -0.3 is 10.4 Å². The van der Waals surface area contributed by atoms with Crippen LogP contribution >= 0.6 is 24.0 Å². The van der Waals surface area contributed by atoms with Gasteiger partial charge in [0.25, 0.3) is 0 Å². The molecule has 0 spiro atoms. The molecular formula is C4H11Cl2NO. The molecule has 0 fully saturated rings. The van der Waals surface area contributed by atoms with E-state index in [9.17, 15) is 0 Å². The molecule has 0 aliphatic rings. The molecule has 0 aliphatic heterocycles. The van der Waals surface area contributed by atoms with Gasteiger partial charge in [0, 0.05) is 0 Å². The molecule has 0 saturated heterocycles. The summed E-state index contributed by atoms with van der Waals surface area (Å²) in [6.45, 7) is 0.769. The zero-order valence-electron chi connectivity index (χ0n) is 4.72. The first kappa shape index (κ1) is 11.3. The van der Waals surface area contributed by atoms with Crippen molar-refractivity contribution in [1.29, 1.82) is 0 Å². The molecule has 0 rings (SSSR count). The minimum absolute atomic E-state index is 0. The number of aliphatic hydroxyl groups is 1. The van der Waals surface area contributed by atoms with Gasteiger partial charge in [-0.15, -0.1) is 12.4 Å². The average Bonchev–Trinajstić information content (AvgIpc) is 1.61. The Kier molecular flexibility index (Phi) is 10.6. The van der Waals surface area contributed by atoms with Crippen molar-refractivity contribution >= 4 is 24.0 Å². The molecule has 52 valence electrons. The lowest BCUT2D eigenvalue weighted by Gasteiger charge is -1.97. The van der Waals surface area contributed by atoms with Crippen molar-refractivity contribution in [2.45, 2.75) is 12.0 Å². The minimum Gasteiger partial charge on any atom is -0.378 e. The normalized spacial score (nSPS) is 12.4. The number of aliphatic hydroxyl groups excluding tert-OH is 1. The molecule has 1 unspecified atom stereocenters. The maximum absolute atomic E-state index is 8.41. The summed E-state index contributed by atoms with van der Waals surface area (Å²) in [5.74, 6) is 0. The van der Waals surface area contributed by atoms with Crippen LogP contribution in [0.1, 0.15) is 6.42 Å². The monoisotopic (exact) mass is 159 g/mol. The number of halogens is 2. The summed E-state index contributed by atoms with van der Waals surface area (Å²) in [5, 5.41) is 11.3. The number of hydrogen-bond acceptors (Lipinski definition) is 2. The van der Waals surface area contributed by atoms with Crippen LogP contribution in [0, 0.1) is 0 Å². The molecule has 0 saturated carbocycles. The Labute approximate surface area is 60.6 Å². The topological polar surface area (TPSA) is 32.3 Å². The summed E-state index contributed by atoms with van der Waals surface area (Å²) >= 11 is 5.17.